The van der Waals surface area contributed by atoms with Crippen molar-refractivity contribution in [1.82, 2.24) is 9.62 Å². The lowest BCUT2D eigenvalue weighted by atomic mass is 9.96. The predicted octanol–water partition coefficient (Wildman–Crippen LogP) is 1.81. The summed E-state index contributed by atoms with van der Waals surface area (Å²) in [7, 11) is 1.64. The number of amides is 2. The SMILES string of the molecule is CN(S)C(=O)NC1CCCCC1. The monoisotopic (exact) mass is 188 g/mol. The molecule has 0 bridgehead atoms. The fourth-order valence-electron chi connectivity index (χ4n) is 1.51. The largest absolute Gasteiger partial charge is 0.335 e. The van der Waals surface area contributed by atoms with E-state index in [-0.39, 0.29) is 6.03 Å². The van der Waals surface area contributed by atoms with Crippen LogP contribution in [0.15, 0.2) is 0 Å². The number of thiol groups is 1. The van der Waals surface area contributed by atoms with E-state index in [9.17, 15) is 4.79 Å². The van der Waals surface area contributed by atoms with Gasteiger partial charge in [0.25, 0.3) is 0 Å². The van der Waals surface area contributed by atoms with E-state index in [2.05, 4.69) is 18.1 Å². The first kappa shape index (κ1) is 9.71. The molecule has 0 saturated heterocycles. The normalized spacial score (nSPS) is 18.8. The minimum atomic E-state index is -0.0924. The molecule has 0 atom stereocenters. The third-order valence-electron chi connectivity index (χ3n) is 2.23. The van der Waals surface area contributed by atoms with Gasteiger partial charge in [0.05, 0.1) is 0 Å². The quantitative estimate of drug-likeness (QED) is 0.604. The molecule has 1 rings (SSSR count). The van der Waals surface area contributed by atoms with Crippen molar-refractivity contribution in [3.8, 4) is 0 Å². The van der Waals surface area contributed by atoms with Crippen LogP contribution in [-0.4, -0.2) is 23.4 Å². The Balaban J connectivity index is 2.24. The first-order chi connectivity index (χ1) is 5.70. The van der Waals surface area contributed by atoms with Crippen molar-refractivity contribution in [1.29, 1.82) is 0 Å². The Labute approximate surface area is 79.0 Å². The van der Waals surface area contributed by atoms with Gasteiger partial charge >= 0.3 is 6.03 Å². The maximum Gasteiger partial charge on any atom is 0.327 e. The van der Waals surface area contributed by atoms with Crippen molar-refractivity contribution >= 4 is 18.8 Å². The summed E-state index contributed by atoms with van der Waals surface area (Å²) in [6.07, 6.45) is 6.02. The molecule has 0 aliphatic heterocycles. The van der Waals surface area contributed by atoms with Crippen LogP contribution in [-0.2, 0) is 0 Å². The van der Waals surface area contributed by atoms with Crippen molar-refractivity contribution in [3.63, 3.8) is 0 Å². The lowest BCUT2D eigenvalue weighted by molar-refractivity contribution is 0.222. The zero-order valence-corrected chi connectivity index (χ0v) is 8.31. The van der Waals surface area contributed by atoms with Gasteiger partial charge < -0.3 is 5.32 Å². The van der Waals surface area contributed by atoms with Crippen LogP contribution in [0.1, 0.15) is 32.1 Å². The van der Waals surface area contributed by atoms with Gasteiger partial charge in [-0.1, -0.05) is 32.1 Å². The van der Waals surface area contributed by atoms with Crippen molar-refractivity contribution in [2.24, 2.45) is 0 Å². The average Bonchev–Trinajstić information content (AvgIpc) is 2.06. The third-order valence-corrected chi connectivity index (χ3v) is 2.41. The van der Waals surface area contributed by atoms with Crippen LogP contribution in [0, 0.1) is 0 Å². The fraction of sp³-hybridized carbons (Fsp3) is 0.875. The van der Waals surface area contributed by atoms with Crippen molar-refractivity contribution in [3.05, 3.63) is 0 Å². The summed E-state index contributed by atoms with van der Waals surface area (Å²) in [6, 6.07) is 0.283. The van der Waals surface area contributed by atoms with Crippen molar-refractivity contribution in [2.75, 3.05) is 7.05 Å². The van der Waals surface area contributed by atoms with Gasteiger partial charge in [-0.15, -0.1) is 0 Å². The number of hydrogen-bond donors (Lipinski definition) is 2. The number of hydrogen-bond acceptors (Lipinski definition) is 2. The van der Waals surface area contributed by atoms with E-state index in [1.165, 1.54) is 23.6 Å². The summed E-state index contributed by atoms with van der Waals surface area (Å²) in [6.45, 7) is 0. The molecule has 1 fully saturated rings. The van der Waals surface area contributed by atoms with Crippen molar-refractivity contribution < 1.29 is 4.79 Å². The fourth-order valence-corrected chi connectivity index (χ4v) is 1.57. The Bertz CT molecular complexity index is 155. The minimum Gasteiger partial charge on any atom is -0.335 e. The van der Waals surface area contributed by atoms with Gasteiger partial charge in [0.15, 0.2) is 0 Å². The average molecular weight is 188 g/mol. The van der Waals surface area contributed by atoms with Gasteiger partial charge in [-0.2, -0.15) is 0 Å². The Kier molecular flexibility index (Phi) is 3.72. The van der Waals surface area contributed by atoms with Gasteiger partial charge in [0, 0.05) is 13.1 Å². The van der Waals surface area contributed by atoms with Crippen LogP contribution in [0.2, 0.25) is 0 Å². The van der Waals surface area contributed by atoms with Gasteiger partial charge in [0.2, 0.25) is 0 Å². The predicted molar refractivity (Wildman–Crippen MR) is 52.2 cm³/mol. The highest BCUT2D eigenvalue weighted by molar-refractivity contribution is 7.78. The van der Waals surface area contributed by atoms with Crippen LogP contribution in [0.3, 0.4) is 0 Å². The first-order valence-electron chi connectivity index (χ1n) is 4.43. The van der Waals surface area contributed by atoms with Crippen LogP contribution in [0.5, 0.6) is 0 Å². The topological polar surface area (TPSA) is 32.3 Å². The van der Waals surface area contributed by atoms with E-state index in [0.717, 1.165) is 12.8 Å². The molecule has 2 amide bonds. The number of nitrogens with one attached hydrogen (secondary N) is 1. The number of urea groups is 1. The van der Waals surface area contributed by atoms with Crippen molar-refractivity contribution in [2.45, 2.75) is 38.1 Å². The molecule has 1 aliphatic carbocycles. The zero-order chi connectivity index (χ0) is 8.97. The summed E-state index contributed by atoms with van der Waals surface area (Å²) in [5.74, 6) is 0. The molecule has 1 saturated carbocycles. The molecule has 70 valence electrons. The molecule has 0 radical (unpaired) electrons. The Morgan fingerprint density at radius 1 is 1.42 bits per heavy atom. The van der Waals surface area contributed by atoms with E-state index in [1.807, 2.05) is 0 Å². The summed E-state index contributed by atoms with van der Waals surface area (Å²) in [4.78, 5) is 11.1. The van der Waals surface area contributed by atoms with E-state index in [0.29, 0.717) is 6.04 Å². The molecule has 1 N–H and O–H groups in total. The van der Waals surface area contributed by atoms with Gasteiger partial charge in [-0.25, -0.2) is 4.79 Å². The lowest BCUT2D eigenvalue weighted by Gasteiger charge is -2.24. The maximum absolute atomic E-state index is 11.1. The van der Waals surface area contributed by atoms with Gasteiger partial charge in [0.1, 0.15) is 0 Å². The van der Waals surface area contributed by atoms with Crippen LogP contribution in [0.25, 0.3) is 0 Å². The van der Waals surface area contributed by atoms with E-state index >= 15 is 0 Å². The molecular formula is C8H16N2OS. The molecule has 0 aromatic rings. The molecule has 0 aromatic heterocycles. The summed E-state index contributed by atoms with van der Waals surface area (Å²) in [5, 5.41) is 2.93. The number of carbonyl (C=O) groups is 1. The molecule has 12 heavy (non-hydrogen) atoms. The highest BCUT2D eigenvalue weighted by Crippen LogP contribution is 2.17. The molecule has 4 heteroatoms. The molecule has 1 aliphatic rings. The van der Waals surface area contributed by atoms with Crippen LogP contribution in [0.4, 0.5) is 4.79 Å². The maximum atomic E-state index is 11.1. The lowest BCUT2D eigenvalue weighted by Crippen LogP contribution is -2.40. The Morgan fingerprint density at radius 2 is 2.00 bits per heavy atom. The van der Waals surface area contributed by atoms with E-state index in [1.54, 1.807) is 7.05 Å². The molecule has 3 nitrogen and oxygen atoms in total. The van der Waals surface area contributed by atoms with Gasteiger partial charge in [-0.3, -0.25) is 4.31 Å². The molecular weight excluding hydrogens is 172 g/mol. The molecule has 0 heterocycles. The second-order valence-electron chi connectivity index (χ2n) is 3.31. The first-order valence-corrected chi connectivity index (χ1v) is 4.83. The second kappa shape index (κ2) is 4.60. The zero-order valence-electron chi connectivity index (χ0n) is 7.42. The third kappa shape index (κ3) is 2.93. The highest BCUT2D eigenvalue weighted by Gasteiger charge is 2.16. The van der Waals surface area contributed by atoms with E-state index in [4.69, 9.17) is 0 Å². The molecule has 0 unspecified atom stereocenters. The standard InChI is InChI=1S/C8H16N2OS/c1-10(12)8(11)9-7-5-3-2-4-6-7/h7,12H,2-6H2,1H3,(H,9,11). The van der Waals surface area contributed by atoms with Crippen LogP contribution < -0.4 is 5.32 Å². The Hall–Kier alpha value is -0.380. The van der Waals surface area contributed by atoms with Crippen LogP contribution >= 0.6 is 12.8 Å². The smallest absolute Gasteiger partial charge is 0.327 e. The van der Waals surface area contributed by atoms with Gasteiger partial charge in [-0.05, 0) is 12.8 Å². The number of rotatable bonds is 1. The minimum absolute atomic E-state index is 0.0924. The van der Waals surface area contributed by atoms with E-state index < -0.39 is 0 Å². The molecule has 0 spiro atoms. The second-order valence-corrected chi connectivity index (χ2v) is 3.91. The summed E-state index contributed by atoms with van der Waals surface area (Å²) < 4.78 is 1.29. The highest BCUT2D eigenvalue weighted by atomic mass is 32.1. The number of nitrogens with zero attached hydrogens (tertiary/aromatic N) is 1. The molecule has 0 aromatic carbocycles. The number of carbonyl (C=O) groups excluding carboxylic acids is 1. The summed E-state index contributed by atoms with van der Waals surface area (Å²) in [5.41, 5.74) is 0. The summed E-state index contributed by atoms with van der Waals surface area (Å²) >= 11 is 3.91. The Morgan fingerprint density at radius 3 is 2.50 bits per heavy atom.